The molecule has 0 bridgehead atoms. The first-order valence-corrected chi connectivity index (χ1v) is 9.40. The Kier molecular flexibility index (Phi) is 5.47. The molecule has 21 heavy (non-hydrogen) atoms. The summed E-state index contributed by atoms with van der Waals surface area (Å²) in [7, 11) is 0. The molecule has 0 N–H and O–H groups in total. The standard InChI is InChI=1S/C17H24BrClN2/c18-16-3-4-17(15(11-16)12-19)21-9-5-14(6-10-21)13-20-7-1-2-8-20/h3-4,11,14H,1-2,5-10,12-13H2. The van der Waals surface area contributed by atoms with E-state index in [0.29, 0.717) is 5.88 Å². The van der Waals surface area contributed by atoms with Gasteiger partial charge in [-0.25, -0.2) is 0 Å². The van der Waals surface area contributed by atoms with Crippen LogP contribution < -0.4 is 4.90 Å². The van der Waals surface area contributed by atoms with Crippen molar-refractivity contribution < 1.29 is 0 Å². The van der Waals surface area contributed by atoms with E-state index in [4.69, 9.17) is 11.6 Å². The second-order valence-corrected chi connectivity index (χ2v) is 7.53. The van der Waals surface area contributed by atoms with Crippen LogP contribution in [0.3, 0.4) is 0 Å². The maximum atomic E-state index is 6.11. The lowest BCUT2D eigenvalue weighted by atomic mass is 9.95. The fourth-order valence-electron chi connectivity index (χ4n) is 3.66. The molecule has 0 aromatic heterocycles. The van der Waals surface area contributed by atoms with Gasteiger partial charge in [0.1, 0.15) is 0 Å². The van der Waals surface area contributed by atoms with Gasteiger partial charge in [0.25, 0.3) is 0 Å². The molecule has 0 unspecified atom stereocenters. The summed E-state index contributed by atoms with van der Waals surface area (Å²) in [5, 5.41) is 0. The molecular formula is C17H24BrClN2. The molecule has 2 aliphatic rings. The molecule has 0 amide bonds. The lowest BCUT2D eigenvalue weighted by molar-refractivity contribution is 0.249. The Hall–Kier alpha value is -0.250. The number of hydrogen-bond donors (Lipinski definition) is 0. The van der Waals surface area contributed by atoms with Crippen molar-refractivity contribution in [2.75, 3.05) is 37.6 Å². The van der Waals surface area contributed by atoms with Gasteiger partial charge in [-0.3, -0.25) is 0 Å². The fourth-order valence-corrected chi connectivity index (χ4v) is 4.28. The maximum absolute atomic E-state index is 6.11. The van der Waals surface area contributed by atoms with Crippen molar-refractivity contribution in [2.45, 2.75) is 31.6 Å². The first-order chi connectivity index (χ1) is 10.3. The third kappa shape index (κ3) is 3.94. The Balaban J connectivity index is 1.57. The minimum Gasteiger partial charge on any atom is -0.371 e. The Bertz CT molecular complexity index is 466. The second-order valence-electron chi connectivity index (χ2n) is 6.34. The van der Waals surface area contributed by atoms with Crippen LogP contribution in [0.5, 0.6) is 0 Å². The third-order valence-electron chi connectivity index (χ3n) is 4.86. The number of anilines is 1. The number of benzene rings is 1. The van der Waals surface area contributed by atoms with Crippen LogP contribution in [-0.4, -0.2) is 37.6 Å². The summed E-state index contributed by atoms with van der Waals surface area (Å²) in [5.41, 5.74) is 2.57. The zero-order valence-electron chi connectivity index (χ0n) is 12.5. The van der Waals surface area contributed by atoms with E-state index in [1.807, 2.05) is 0 Å². The number of nitrogens with zero attached hydrogens (tertiary/aromatic N) is 2. The van der Waals surface area contributed by atoms with Crippen LogP contribution in [0.2, 0.25) is 0 Å². The zero-order valence-corrected chi connectivity index (χ0v) is 14.9. The van der Waals surface area contributed by atoms with Crippen molar-refractivity contribution in [2.24, 2.45) is 5.92 Å². The second kappa shape index (κ2) is 7.34. The summed E-state index contributed by atoms with van der Waals surface area (Å²) < 4.78 is 1.12. The van der Waals surface area contributed by atoms with Gasteiger partial charge in [-0.15, -0.1) is 11.6 Å². The molecule has 1 aromatic rings. The first kappa shape index (κ1) is 15.6. The molecule has 2 fully saturated rings. The van der Waals surface area contributed by atoms with Crippen molar-refractivity contribution in [1.82, 2.24) is 4.90 Å². The maximum Gasteiger partial charge on any atom is 0.0494 e. The van der Waals surface area contributed by atoms with Gasteiger partial charge in [0.05, 0.1) is 0 Å². The monoisotopic (exact) mass is 370 g/mol. The van der Waals surface area contributed by atoms with E-state index in [2.05, 4.69) is 43.9 Å². The van der Waals surface area contributed by atoms with Gasteiger partial charge in [-0.2, -0.15) is 0 Å². The smallest absolute Gasteiger partial charge is 0.0494 e. The first-order valence-electron chi connectivity index (χ1n) is 8.08. The molecule has 4 heteroatoms. The quantitative estimate of drug-likeness (QED) is 0.719. The van der Waals surface area contributed by atoms with E-state index in [-0.39, 0.29) is 0 Å². The largest absolute Gasteiger partial charge is 0.371 e. The number of likely N-dealkylation sites (tertiary alicyclic amines) is 1. The highest BCUT2D eigenvalue weighted by molar-refractivity contribution is 9.10. The fraction of sp³-hybridized carbons (Fsp3) is 0.647. The lowest BCUT2D eigenvalue weighted by Crippen LogP contribution is -2.38. The zero-order chi connectivity index (χ0) is 14.7. The molecule has 2 aliphatic heterocycles. The molecule has 0 spiro atoms. The topological polar surface area (TPSA) is 6.48 Å². The molecule has 2 saturated heterocycles. The van der Waals surface area contributed by atoms with E-state index >= 15 is 0 Å². The Labute approximate surface area is 141 Å². The Morgan fingerprint density at radius 3 is 2.48 bits per heavy atom. The van der Waals surface area contributed by atoms with Gasteiger partial charge in [0.2, 0.25) is 0 Å². The van der Waals surface area contributed by atoms with Crippen molar-refractivity contribution in [1.29, 1.82) is 0 Å². The number of halogens is 2. The summed E-state index contributed by atoms with van der Waals surface area (Å²) in [4.78, 5) is 5.18. The highest BCUT2D eigenvalue weighted by Crippen LogP contribution is 2.30. The average Bonchev–Trinajstić information content (AvgIpc) is 3.01. The van der Waals surface area contributed by atoms with E-state index in [0.717, 1.165) is 10.4 Å². The van der Waals surface area contributed by atoms with E-state index in [1.54, 1.807) is 0 Å². The van der Waals surface area contributed by atoms with Crippen LogP contribution in [0.15, 0.2) is 22.7 Å². The molecule has 0 atom stereocenters. The molecule has 2 heterocycles. The van der Waals surface area contributed by atoms with Crippen molar-refractivity contribution in [3.05, 3.63) is 28.2 Å². The van der Waals surface area contributed by atoms with Crippen LogP contribution in [0, 0.1) is 5.92 Å². The molecule has 0 saturated carbocycles. The highest BCUT2D eigenvalue weighted by atomic mass is 79.9. The number of rotatable bonds is 4. The van der Waals surface area contributed by atoms with Gasteiger partial charge in [0, 0.05) is 35.7 Å². The summed E-state index contributed by atoms with van der Waals surface area (Å²) >= 11 is 9.65. The average molecular weight is 372 g/mol. The minimum atomic E-state index is 0.586. The number of hydrogen-bond acceptors (Lipinski definition) is 2. The SMILES string of the molecule is ClCc1cc(Br)ccc1N1CCC(CN2CCCC2)CC1. The molecule has 116 valence electrons. The highest BCUT2D eigenvalue weighted by Gasteiger charge is 2.23. The molecule has 2 nitrogen and oxygen atoms in total. The van der Waals surface area contributed by atoms with E-state index in [9.17, 15) is 0 Å². The summed E-state index contributed by atoms with van der Waals surface area (Å²) in [6, 6.07) is 6.49. The Morgan fingerprint density at radius 1 is 1.10 bits per heavy atom. The normalized spacial score (nSPS) is 21.1. The summed E-state index contributed by atoms with van der Waals surface area (Å²) in [5.74, 6) is 1.47. The van der Waals surface area contributed by atoms with Gasteiger partial charge in [-0.05, 0) is 68.5 Å². The van der Waals surface area contributed by atoms with E-state index < -0.39 is 0 Å². The van der Waals surface area contributed by atoms with Crippen molar-refractivity contribution in [3.63, 3.8) is 0 Å². The van der Waals surface area contributed by atoms with Gasteiger partial charge >= 0.3 is 0 Å². The van der Waals surface area contributed by atoms with E-state index in [1.165, 1.54) is 69.7 Å². The van der Waals surface area contributed by atoms with Gasteiger partial charge in [0.15, 0.2) is 0 Å². The van der Waals surface area contributed by atoms with Gasteiger partial charge < -0.3 is 9.80 Å². The molecule has 1 aromatic carbocycles. The predicted molar refractivity (Wildman–Crippen MR) is 94.3 cm³/mol. The number of piperidine rings is 1. The predicted octanol–water partition coefficient (Wildman–Crippen LogP) is 4.50. The lowest BCUT2D eigenvalue weighted by Gasteiger charge is -2.36. The summed E-state index contributed by atoms with van der Waals surface area (Å²) in [6.45, 7) is 6.30. The molecule has 0 aliphatic carbocycles. The molecule has 3 rings (SSSR count). The van der Waals surface area contributed by atoms with Crippen LogP contribution in [0.4, 0.5) is 5.69 Å². The van der Waals surface area contributed by atoms with Crippen molar-refractivity contribution >= 4 is 33.2 Å². The Morgan fingerprint density at radius 2 is 1.81 bits per heavy atom. The number of alkyl halides is 1. The molecular weight excluding hydrogens is 348 g/mol. The van der Waals surface area contributed by atoms with Crippen LogP contribution in [0.25, 0.3) is 0 Å². The van der Waals surface area contributed by atoms with Crippen LogP contribution >= 0.6 is 27.5 Å². The third-order valence-corrected chi connectivity index (χ3v) is 5.64. The van der Waals surface area contributed by atoms with Gasteiger partial charge in [-0.1, -0.05) is 15.9 Å². The van der Waals surface area contributed by atoms with Crippen molar-refractivity contribution in [3.8, 4) is 0 Å². The minimum absolute atomic E-state index is 0.586. The molecule has 0 radical (unpaired) electrons. The summed E-state index contributed by atoms with van der Waals surface area (Å²) in [6.07, 6.45) is 5.43. The van der Waals surface area contributed by atoms with Crippen LogP contribution in [-0.2, 0) is 5.88 Å². The van der Waals surface area contributed by atoms with Crippen LogP contribution in [0.1, 0.15) is 31.2 Å².